The molecule has 2 aromatic rings. The molecule has 2 atom stereocenters. The molecule has 3 N–H and O–H groups in total. The minimum atomic E-state index is -1.34. The molecule has 8 nitrogen and oxygen atoms in total. The van der Waals surface area contributed by atoms with Crippen molar-refractivity contribution in [2.24, 2.45) is 0 Å². The van der Waals surface area contributed by atoms with Crippen LogP contribution in [0.2, 0.25) is 0 Å². The van der Waals surface area contributed by atoms with Crippen molar-refractivity contribution in [2.75, 3.05) is 20.3 Å². The highest BCUT2D eigenvalue weighted by Gasteiger charge is 2.37. The smallest absolute Gasteiger partial charge is 0.408 e. The third kappa shape index (κ3) is 4.75. The van der Waals surface area contributed by atoms with E-state index in [2.05, 4.69) is 10.6 Å². The zero-order valence-corrected chi connectivity index (χ0v) is 18.4. The van der Waals surface area contributed by atoms with Crippen molar-refractivity contribution in [1.82, 2.24) is 10.6 Å². The van der Waals surface area contributed by atoms with E-state index in [9.17, 15) is 19.5 Å². The molecule has 2 aromatic carbocycles. The number of methoxy groups -OCH3 is 1. The normalized spacial score (nSPS) is 15.1. The van der Waals surface area contributed by atoms with Gasteiger partial charge in [0.25, 0.3) is 0 Å². The zero-order valence-electron chi connectivity index (χ0n) is 18.4. The van der Waals surface area contributed by atoms with Gasteiger partial charge in [0.05, 0.1) is 6.61 Å². The van der Waals surface area contributed by atoms with E-state index in [0.717, 1.165) is 22.3 Å². The highest BCUT2D eigenvalue weighted by Crippen LogP contribution is 2.44. The lowest BCUT2D eigenvalue weighted by molar-refractivity contribution is -0.144. The van der Waals surface area contributed by atoms with Crippen molar-refractivity contribution in [3.63, 3.8) is 0 Å². The van der Waals surface area contributed by atoms with Crippen molar-refractivity contribution in [3.05, 3.63) is 59.7 Å². The summed E-state index contributed by atoms with van der Waals surface area (Å²) in [5.41, 5.74) is 3.06. The molecular weight excluding hydrogens is 412 g/mol. The number of alkyl carbamates (subject to hydrolysis) is 1. The lowest BCUT2D eigenvalue weighted by Gasteiger charge is -2.29. The van der Waals surface area contributed by atoms with Crippen LogP contribution in [0.1, 0.15) is 37.3 Å². The number of hydrogen-bond acceptors (Lipinski definition) is 5. The summed E-state index contributed by atoms with van der Waals surface area (Å²) in [4.78, 5) is 36.6. The van der Waals surface area contributed by atoms with E-state index in [0.29, 0.717) is 0 Å². The first-order valence-electron chi connectivity index (χ1n) is 10.5. The third-order valence-electron chi connectivity index (χ3n) is 5.87. The van der Waals surface area contributed by atoms with Crippen LogP contribution in [0.15, 0.2) is 48.5 Å². The van der Waals surface area contributed by atoms with Crippen molar-refractivity contribution in [3.8, 4) is 11.1 Å². The van der Waals surface area contributed by atoms with Crippen molar-refractivity contribution >= 4 is 18.0 Å². The Balaban J connectivity index is 1.67. The molecule has 1 aliphatic rings. The number of carboxylic acids is 1. The average Bonchev–Trinajstić information content (AvgIpc) is 3.11. The monoisotopic (exact) mass is 440 g/mol. The molecular formula is C24H28N2O6. The van der Waals surface area contributed by atoms with Gasteiger partial charge in [-0.1, -0.05) is 55.5 Å². The lowest BCUT2D eigenvalue weighted by atomic mass is 9.97. The summed E-state index contributed by atoms with van der Waals surface area (Å²) in [5, 5.41) is 14.2. The first-order valence-corrected chi connectivity index (χ1v) is 10.5. The SMILES string of the molecule is CCC(C)(NC(=O)OCC1c2ccccc2-c2ccccc21)C(=O)NC(COC)C(=O)O. The Hall–Kier alpha value is -3.39. The van der Waals surface area contributed by atoms with Gasteiger partial charge in [-0.2, -0.15) is 0 Å². The van der Waals surface area contributed by atoms with Gasteiger partial charge in [0.2, 0.25) is 5.91 Å². The average molecular weight is 440 g/mol. The molecule has 0 spiro atoms. The van der Waals surface area contributed by atoms with Crippen LogP contribution in [0.3, 0.4) is 0 Å². The van der Waals surface area contributed by atoms with Crippen LogP contribution < -0.4 is 10.6 Å². The van der Waals surface area contributed by atoms with Crippen LogP contribution >= 0.6 is 0 Å². The zero-order chi connectivity index (χ0) is 23.3. The first-order chi connectivity index (χ1) is 15.3. The van der Waals surface area contributed by atoms with Gasteiger partial charge in [-0.15, -0.1) is 0 Å². The van der Waals surface area contributed by atoms with E-state index < -0.39 is 29.6 Å². The van der Waals surface area contributed by atoms with Crippen molar-refractivity contribution in [2.45, 2.75) is 37.8 Å². The Labute approximate surface area is 186 Å². The Bertz CT molecular complexity index is 962. The molecule has 8 heteroatoms. The maximum absolute atomic E-state index is 12.7. The van der Waals surface area contributed by atoms with E-state index in [1.165, 1.54) is 14.0 Å². The number of carbonyl (C=O) groups is 3. The summed E-state index contributed by atoms with van der Waals surface area (Å²) in [7, 11) is 1.34. The van der Waals surface area contributed by atoms with E-state index in [-0.39, 0.29) is 25.6 Å². The molecule has 0 saturated carbocycles. The highest BCUT2D eigenvalue weighted by molar-refractivity contribution is 5.92. The number of fused-ring (bicyclic) bond motifs is 3. The Kier molecular flexibility index (Phi) is 7.15. The summed E-state index contributed by atoms with van der Waals surface area (Å²) in [5.74, 6) is -1.95. The number of carbonyl (C=O) groups excluding carboxylic acids is 2. The Morgan fingerprint density at radius 3 is 2.12 bits per heavy atom. The predicted molar refractivity (Wildman–Crippen MR) is 118 cm³/mol. The summed E-state index contributed by atoms with van der Waals surface area (Å²) < 4.78 is 10.4. The summed E-state index contributed by atoms with van der Waals surface area (Å²) in [6.07, 6.45) is -0.507. The molecule has 170 valence electrons. The number of amides is 2. The first kappa shape index (κ1) is 23.3. The van der Waals surface area contributed by atoms with Crippen LogP contribution in [0.4, 0.5) is 4.79 Å². The van der Waals surface area contributed by atoms with Crippen molar-refractivity contribution < 1.29 is 29.0 Å². The summed E-state index contributed by atoms with van der Waals surface area (Å²) in [6.45, 7) is 3.17. The molecule has 0 aromatic heterocycles. The van der Waals surface area contributed by atoms with Crippen LogP contribution in [-0.4, -0.2) is 55.0 Å². The second kappa shape index (κ2) is 9.82. The van der Waals surface area contributed by atoms with Crippen LogP contribution in [0.25, 0.3) is 11.1 Å². The number of aliphatic carboxylic acids is 1. The van der Waals surface area contributed by atoms with Gasteiger partial charge >= 0.3 is 12.1 Å². The van der Waals surface area contributed by atoms with Gasteiger partial charge in [0.1, 0.15) is 12.1 Å². The van der Waals surface area contributed by atoms with Crippen LogP contribution in [0, 0.1) is 0 Å². The second-order valence-electron chi connectivity index (χ2n) is 7.96. The van der Waals surface area contributed by atoms with E-state index in [4.69, 9.17) is 9.47 Å². The molecule has 2 unspecified atom stereocenters. The number of hydrogen-bond donors (Lipinski definition) is 3. The maximum atomic E-state index is 12.7. The second-order valence-corrected chi connectivity index (χ2v) is 7.96. The molecule has 0 fully saturated rings. The summed E-state index contributed by atoms with van der Waals surface area (Å²) >= 11 is 0. The Morgan fingerprint density at radius 1 is 1.06 bits per heavy atom. The number of benzene rings is 2. The minimum absolute atomic E-state index is 0.104. The van der Waals surface area contributed by atoms with E-state index in [1.807, 2.05) is 48.5 Å². The van der Waals surface area contributed by atoms with Crippen LogP contribution in [0.5, 0.6) is 0 Å². The molecule has 32 heavy (non-hydrogen) atoms. The minimum Gasteiger partial charge on any atom is -0.480 e. The quantitative estimate of drug-likeness (QED) is 0.553. The molecule has 0 heterocycles. The third-order valence-corrected chi connectivity index (χ3v) is 5.87. The molecule has 3 rings (SSSR count). The van der Waals surface area contributed by atoms with Gasteiger partial charge in [-0.05, 0) is 35.6 Å². The Morgan fingerprint density at radius 2 is 1.62 bits per heavy atom. The van der Waals surface area contributed by atoms with Crippen LogP contribution in [-0.2, 0) is 19.1 Å². The summed E-state index contributed by atoms with van der Waals surface area (Å²) in [6, 6.07) is 14.8. The van der Waals surface area contributed by atoms with E-state index >= 15 is 0 Å². The molecule has 0 radical (unpaired) electrons. The highest BCUT2D eigenvalue weighted by atomic mass is 16.5. The standard InChI is InChI=1S/C24H28N2O6/c1-4-24(2,22(29)25-20(14-31-3)21(27)28)26-23(30)32-13-19-17-11-7-5-9-15(17)16-10-6-8-12-18(16)19/h5-12,19-20H,4,13-14H2,1-3H3,(H,25,29)(H,26,30)(H,27,28). The lowest BCUT2D eigenvalue weighted by Crippen LogP contribution is -2.60. The van der Waals surface area contributed by atoms with Gasteiger partial charge in [-0.25, -0.2) is 9.59 Å². The van der Waals surface area contributed by atoms with Crippen molar-refractivity contribution in [1.29, 1.82) is 0 Å². The predicted octanol–water partition coefficient (Wildman–Crippen LogP) is 2.91. The molecule has 0 bridgehead atoms. The fourth-order valence-corrected chi connectivity index (χ4v) is 3.82. The fraction of sp³-hybridized carbons (Fsp3) is 0.375. The topological polar surface area (TPSA) is 114 Å². The fourth-order valence-electron chi connectivity index (χ4n) is 3.82. The number of nitrogens with one attached hydrogen (secondary N) is 2. The van der Waals surface area contributed by atoms with Gasteiger partial charge in [-0.3, -0.25) is 4.79 Å². The van der Waals surface area contributed by atoms with E-state index in [1.54, 1.807) is 6.92 Å². The molecule has 0 aliphatic heterocycles. The number of carboxylic acid groups (broad SMARTS) is 1. The molecule has 0 saturated heterocycles. The van der Waals surface area contributed by atoms with Gasteiger partial charge in [0, 0.05) is 13.0 Å². The van der Waals surface area contributed by atoms with Gasteiger partial charge in [0.15, 0.2) is 6.04 Å². The maximum Gasteiger partial charge on any atom is 0.408 e. The largest absolute Gasteiger partial charge is 0.480 e. The molecule has 2 amide bonds. The molecule has 1 aliphatic carbocycles. The number of ether oxygens (including phenoxy) is 2. The number of rotatable bonds is 9. The van der Waals surface area contributed by atoms with Gasteiger partial charge < -0.3 is 25.2 Å².